The summed E-state index contributed by atoms with van der Waals surface area (Å²) in [4.78, 5) is 0. The molecular weight excluding hydrogens is 195 g/mol. The summed E-state index contributed by atoms with van der Waals surface area (Å²) in [7, 11) is 0. The molecule has 0 N–H and O–H groups in total. The first-order valence-corrected chi connectivity index (χ1v) is 0. The van der Waals surface area contributed by atoms with E-state index in [1.54, 1.807) is 0 Å². The van der Waals surface area contributed by atoms with Gasteiger partial charge in [-0.25, -0.2) is 0 Å². The van der Waals surface area contributed by atoms with Gasteiger partial charge in [0.15, 0.2) is 0 Å². The van der Waals surface area contributed by atoms with Gasteiger partial charge in [0, 0.05) is 0 Å². The summed E-state index contributed by atoms with van der Waals surface area (Å²) >= 11 is 0. The normalized spacial score (nSPS) is 0. The fraction of sp³-hybridized carbons (Fsp3) is 0. The van der Waals surface area contributed by atoms with Crippen molar-refractivity contribution in [2.45, 2.75) is 0 Å². The Labute approximate surface area is 62.4 Å². The minimum absolute atomic E-state index is 0. The van der Waals surface area contributed by atoms with E-state index in [1.807, 2.05) is 0 Å². The molecule has 0 spiro atoms. The van der Waals surface area contributed by atoms with Gasteiger partial charge in [-0.1, -0.05) is 0 Å². The van der Waals surface area contributed by atoms with Crippen LogP contribution >= 0.6 is 0 Å². The minimum Gasteiger partial charge on any atom is -2.00 e. The minimum atomic E-state index is 0. The van der Waals surface area contributed by atoms with Crippen LogP contribution < -0.4 is 0 Å². The molecule has 0 heterocycles. The second kappa shape index (κ2) is 49.8. The molecule has 0 amide bonds. The Hall–Kier alpha value is 1.49. The average molecular weight is 195 g/mol. The van der Waals surface area contributed by atoms with Crippen LogP contribution in [0, 0.1) is 0 Å². The maximum atomic E-state index is 0. The molecule has 0 aliphatic rings. The van der Waals surface area contributed by atoms with Gasteiger partial charge in [-0.05, 0) is 0 Å². The number of hydrogen-bond acceptors (Lipinski definition) is 0. The Morgan fingerprint density at radius 3 is 0.800 bits per heavy atom. The Bertz CT molecular complexity index is 9.61. The summed E-state index contributed by atoms with van der Waals surface area (Å²) in [5, 5.41) is 0. The van der Waals surface area contributed by atoms with Crippen LogP contribution in [-0.2, 0) is 62.5 Å². The van der Waals surface area contributed by atoms with E-state index in [0.29, 0.717) is 0 Å². The fourth-order valence-corrected chi connectivity index (χ4v) is 0. The monoisotopic (exact) mass is 195 g/mol. The van der Waals surface area contributed by atoms with E-state index in [1.165, 1.54) is 0 Å². The van der Waals surface area contributed by atoms with Crippen molar-refractivity contribution in [3.8, 4) is 0 Å². The summed E-state index contributed by atoms with van der Waals surface area (Å²) < 4.78 is 0. The van der Waals surface area contributed by atoms with Crippen LogP contribution in [0.25, 0.3) is 0 Å². The van der Waals surface area contributed by atoms with Crippen LogP contribution in [0.3, 0.4) is 0 Å². The molecule has 0 aromatic carbocycles. The zero-order valence-corrected chi connectivity index (χ0v) is 5.52. The van der Waals surface area contributed by atoms with Gasteiger partial charge >= 0.3 is 51.5 Å². The van der Waals surface area contributed by atoms with Gasteiger partial charge in [-0.15, -0.1) is 0 Å². The van der Waals surface area contributed by atoms with E-state index >= 15 is 0 Å². The average Bonchev–Trinajstić information content (AvgIpc) is 0. The molecule has 5 heavy (non-hydrogen) atoms. The zero-order valence-electron chi connectivity index (χ0n) is 1.96. The summed E-state index contributed by atoms with van der Waals surface area (Å²) in [6.45, 7) is 0. The first kappa shape index (κ1) is 88.0. The van der Waals surface area contributed by atoms with Gasteiger partial charge in [-0.2, -0.15) is 0 Å². The molecule has 0 aliphatic heterocycles. The molecule has 0 aromatic heterocycles. The largest absolute Gasteiger partial charge is 3.00 e. The second-order valence-electron chi connectivity index (χ2n) is 0. The first-order chi connectivity index (χ1) is 0. The van der Waals surface area contributed by atoms with E-state index in [9.17, 15) is 0 Å². The molecular formula is CrFeMnO2+3. The predicted molar refractivity (Wildman–Crippen MR) is 1.37 cm³/mol. The van der Waals surface area contributed by atoms with E-state index in [-0.39, 0.29) is 62.5 Å². The van der Waals surface area contributed by atoms with Gasteiger partial charge in [0.2, 0.25) is 0 Å². The summed E-state index contributed by atoms with van der Waals surface area (Å²) in [6, 6.07) is 0. The Morgan fingerprint density at radius 2 is 0.800 bits per heavy atom. The third-order valence-corrected chi connectivity index (χ3v) is 0. The maximum absolute atomic E-state index is 0. The molecule has 0 aliphatic carbocycles. The molecule has 2 radical (unpaired) electrons. The smallest absolute Gasteiger partial charge is 2.00 e. The molecule has 30 valence electrons. The van der Waals surface area contributed by atoms with E-state index in [0.717, 1.165) is 0 Å². The van der Waals surface area contributed by atoms with Crippen LogP contribution in [0.4, 0.5) is 0 Å². The molecule has 0 saturated heterocycles. The SMILES string of the molecule is [Cr+3].[Fe+2].[Mn+2].[O-2].[O-2]. The summed E-state index contributed by atoms with van der Waals surface area (Å²) in [5.74, 6) is 0. The van der Waals surface area contributed by atoms with Crippen LogP contribution in [0.2, 0.25) is 0 Å². The fourth-order valence-electron chi connectivity index (χ4n) is 0. The van der Waals surface area contributed by atoms with Gasteiger partial charge in [0.05, 0.1) is 0 Å². The van der Waals surface area contributed by atoms with Gasteiger partial charge in [0.1, 0.15) is 0 Å². The van der Waals surface area contributed by atoms with Crippen molar-refractivity contribution in [2.24, 2.45) is 0 Å². The van der Waals surface area contributed by atoms with Crippen LogP contribution in [0.15, 0.2) is 0 Å². The van der Waals surface area contributed by atoms with Crippen molar-refractivity contribution in [3.05, 3.63) is 0 Å². The molecule has 0 unspecified atom stereocenters. The van der Waals surface area contributed by atoms with Crippen molar-refractivity contribution in [3.63, 3.8) is 0 Å². The van der Waals surface area contributed by atoms with Gasteiger partial charge in [0.25, 0.3) is 0 Å². The zero-order chi connectivity index (χ0) is 0. The maximum Gasteiger partial charge on any atom is 3.00 e. The second-order valence-corrected chi connectivity index (χ2v) is 0. The Kier molecular flexibility index (Phi) is 877. The first-order valence-electron chi connectivity index (χ1n) is 0. The van der Waals surface area contributed by atoms with E-state index < -0.39 is 0 Å². The topological polar surface area (TPSA) is 57.0 Å². The molecule has 0 bridgehead atoms. The van der Waals surface area contributed by atoms with Crippen molar-refractivity contribution >= 4 is 0 Å². The van der Waals surface area contributed by atoms with Crippen molar-refractivity contribution in [1.29, 1.82) is 0 Å². The molecule has 0 fully saturated rings. The summed E-state index contributed by atoms with van der Waals surface area (Å²) in [6.07, 6.45) is 0. The van der Waals surface area contributed by atoms with E-state index in [4.69, 9.17) is 0 Å². The molecule has 0 saturated carbocycles. The van der Waals surface area contributed by atoms with Crippen LogP contribution in [-0.4, -0.2) is 0 Å². The number of rotatable bonds is 0. The molecule has 2 nitrogen and oxygen atoms in total. The van der Waals surface area contributed by atoms with Crippen molar-refractivity contribution < 1.29 is 62.5 Å². The van der Waals surface area contributed by atoms with Crippen molar-refractivity contribution in [1.82, 2.24) is 0 Å². The summed E-state index contributed by atoms with van der Waals surface area (Å²) in [5.41, 5.74) is 0. The Morgan fingerprint density at radius 1 is 0.800 bits per heavy atom. The molecule has 5 heteroatoms. The van der Waals surface area contributed by atoms with Crippen LogP contribution in [0.1, 0.15) is 0 Å². The standard InChI is InChI=1S/Cr.Fe.Mn.2O/q+3;2*+2;2*-2. The van der Waals surface area contributed by atoms with E-state index in [2.05, 4.69) is 0 Å². The Balaban J connectivity index is 0. The molecule has 0 aromatic rings. The third-order valence-electron chi connectivity index (χ3n) is 0. The van der Waals surface area contributed by atoms with Gasteiger partial charge < -0.3 is 11.0 Å². The molecule has 0 atom stereocenters. The predicted octanol–water partition coefficient (Wildman–Crippen LogP) is -0.245. The number of hydrogen-bond donors (Lipinski definition) is 0. The van der Waals surface area contributed by atoms with Crippen molar-refractivity contribution in [2.75, 3.05) is 0 Å². The van der Waals surface area contributed by atoms with Gasteiger partial charge in [-0.3, -0.25) is 0 Å². The molecule has 0 rings (SSSR count). The third kappa shape index (κ3) is 30.1. The quantitative estimate of drug-likeness (QED) is 0.478. The van der Waals surface area contributed by atoms with Crippen LogP contribution in [0.5, 0.6) is 0 Å².